The smallest absolute Gasteiger partial charge is 0.164 e. The van der Waals surface area contributed by atoms with Gasteiger partial charge in [0.1, 0.15) is 0 Å². The van der Waals surface area contributed by atoms with E-state index < -0.39 is 0 Å². The molecule has 0 amide bonds. The molecule has 1 aromatic rings. The summed E-state index contributed by atoms with van der Waals surface area (Å²) in [4.78, 5) is 0. The molecule has 0 atom stereocenters. The third-order valence-corrected chi connectivity index (χ3v) is 4.84. The fourth-order valence-corrected chi connectivity index (χ4v) is 3.83. The highest BCUT2D eigenvalue weighted by atomic mass is 79.9. The summed E-state index contributed by atoms with van der Waals surface area (Å²) in [5, 5.41) is 0. The van der Waals surface area contributed by atoms with Gasteiger partial charge in [0, 0.05) is 28.4 Å². The maximum Gasteiger partial charge on any atom is 0.164 e. The molecule has 0 unspecified atom stereocenters. The number of ether oxygens (including phenoxy) is 2. The van der Waals surface area contributed by atoms with Gasteiger partial charge in [0.15, 0.2) is 11.5 Å². The Balaban J connectivity index is 2.17. The molecule has 1 heterocycles. The lowest BCUT2D eigenvalue weighted by Crippen LogP contribution is -2.22. The molecule has 104 valence electrons. The molecule has 4 heteroatoms. The Bertz CT molecular complexity index is 497. The van der Waals surface area contributed by atoms with Gasteiger partial charge in [-0.05, 0) is 30.9 Å². The fourth-order valence-electron chi connectivity index (χ4n) is 2.96. The summed E-state index contributed by atoms with van der Waals surface area (Å²) in [6.45, 7) is 4.34. The lowest BCUT2D eigenvalue weighted by atomic mass is 9.89. The zero-order valence-corrected chi connectivity index (χ0v) is 12.9. The van der Waals surface area contributed by atoms with Crippen LogP contribution in [-0.2, 0) is 11.8 Å². The van der Waals surface area contributed by atoms with E-state index in [9.17, 15) is 0 Å². The maximum absolute atomic E-state index is 6.01. The van der Waals surface area contributed by atoms with Gasteiger partial charge in [-0.3, -0.25) is 0 Å². The van der Waals surface area contributed by atoms with Crippen LogP contribution in [0, 0.1) is 0 Å². The predicted molar refractivity (Wildman–Crippen MR) is 79.1 cm³/mol. The molecule has 0 saturated heterocycles. The van der Waals surface area contributed by atoms with Crippen LogP contribution in [0.3, 0.4) is 0 Å². The molecule has 0 aromatic heterocycles. The van der Waals surface area contributed by atoms with Crippen molar-refractivity contribution in [3.63, 3.8) is 0 Å². The first-order chi connectivity index (χ1) is 9.22. The van der Waals surface area contributed by atoms with E-state index in [0.717, 1.165) is 42.0 Å². The Hall–Kier alpha value is -0.740. The van der Waals surface area contributed by atoms with E-state index in [1.807, 2.05) is 0 Å². The first-order valence-electron chi connectivity index (χ1n) is 7.03. The molecule has 1 aliphatic heterocycles. The minimum absolute atomic E-state index is 0.162. The van der Waals surface area contributed by atoms with Gasteiger partial charge in [-0.15, -0.1) is 0 Å². The third kappa shape index (κ3) is 2.15. The van der Waals surface area contributed by atoms with E-state index >= 15 is 0 Å². The van der Waals surface area contributed by atoms with Crippen molar-refractivity contribution in [2.75, 3.05) is 19.8 Å². The molecule has 2 aliphatic rings. The Morgan fingerprint density at radius 3 is 2.68 bits per heavy atom. The Morgan fingerprint density at radius 2 is 2.05 bits per heavy atom. The summed E-state index contributed by atoms with van der Waals surface area (Å²) in [6, 6.07) is 2.06. The summed E-state index contributed by atoms with van der Waals surface area (Å²) in [5.41, 5.74) is 8.79. The fraction of sp³-hybridized carbons (Fsp3) is 0.600. The van der Waals surface area contributed by atoms with Crippen LogP contribution in [0.15, 0.2) is 10.5 Å². The summed E-state index contributed by atoms with van der Waals surface area (Å²) in [5.74, 6) is 1.82. The summed E-state index contributed by atoms with van der Waals surface area (Å²) < 4.78 is 12.9. The van der Waals surface area contributed by atoms with Gasteiger partial charge in [-0.1, -0.05) is 22.9 Å². The van der Waals surface area contributed by atoms with Crippen molar-refractivity contribution in [1.82, 2.24) is 0 Å². The van der Waals surface area contributed by atoms with Crippen molar-refractivity contribution in [3.05, 3.63) is 21.7 Å². The van der Waals surface area contributed by atoms with Crippen molar-refractivity contribution in [2.24, 2.45) is 5.73 Å². The Kier molecular flexibility index (Phi) is 3.48. The molecule has 1 aliphatic carbocycles. The van der Waals surface area contributed by atoms with Crippen molar-refractivity contribution in [3.8, 4) is 11.5 Å². The Morgan fingerprint density at radius 1 is 1.32 bits per heavy atom. The van der Waals surface area contributed by atoms with Crippen LogP contribution in [0.1, 0.15) is 37.3 Å². The Labute approximate surface area is 122 Å². The van der Waals surface area contributed by atoms with Crippen LogP contribution in [0.2, 0.25) is 0 Å². The summed E-state index contributed by atoms with van der Waals surface area (Å²) >= 11 is 3.72. The zero-order chi connectivity index (χ0) is 13.5. The molecule has 3 nitrogen and oxygen atoms in total. The monoisotopic (exact) mass is 325 g/mol. The van der Waals surface area contributed by atoms with Gasteiger partial charge in [-0.2, -0.15) is 0 Å². The maximum atomic E-state index is 6.01. The quantitative estimate of drug-likeness (QED) is 0.928. The lowest BCUT2D eigenvalue weighted by molar-refractivity contribution is 0.296. The molecule has 1 fully saturated rings. The molecule has 19 heavy (non-hydrogen) atoms. The lowest BCUT2D eigenvalue weighted by Gasteiger charge is -2.23. The van der Waals surface area contributed by atoms with E-state index in [-0.39, 0.29) is 5.41 Å². The van der Waals surface area contributed by atoms with Crippen LogP contribution in [0.4, 0.5) is 0 Å². The first kappa shape index (κ1) is 13.3. The van der Waals surface area contributed by atoms with Gasteiger partial charge < -0.3 is 15.2 Å². The molecule has 0 spiro atoms. The molecule has 2 N–H and O–H groups in total. The first-order valence-corrected chi connectivity index (χ1v) is 7.82. The topological polar surface area (TPSA) is 44.5 Å². The van der Waals surface area contributed by atoms with Crippen LogP contribution in [0.25, 0.3) is 0 Å². The van der Waals surface area contributed by atoms with Gasteiger partial charge in [-0.25, -0.2) is 0 Å². The average Bonchev–Trinajstić information content (AvgIpc) is 3.21. The number of rotatable bonds is 3. The predicted octanol–water partition coefficient (Wildman–Crippen LogP) is 3.16. The van der Waals surface area contributed by atoms with Gasteiger partial charge >= 0.3 is 0 Å². The summed E-state index contributed by atoms with van der Waals surface area (Å²) in [7, 11) is 0. The van der Waals surface area contributed by atoms with Crippen molar-refractivity contribution >= 4 is 15.9 Å². The SMILES string of the molecule is CCc1c2c(cc(Br)c1C1(CN)CC1)OCCCO2. The number of halogens is 1. The van der Waals surface area contributed by atoms with E-state index in [1.165, 1.54) is 24.0 Å². The van der Waals surface area contributed by atoms with E-state index in [2.05, 4.69) is 28.9 Å². The van der Waals surface area contributed by atoms with Crippen LogP contribution < -0.4 is 15.2 Å². The van der Waals surface area contributed by atoms with Crippen molar-refractivity contribution in [1.29, 1.82) is 0 Å². The van der Waals surface area contributed by atoms with Crippen molar-refractivity contribution in [2.45, 2.75) is 38.0 Å². The van der Waals surface area contributed by atoms with Gasteiger partial charge in [0.2, 0.25) is 0 Å². The minimum Gasteiger partial charge on any atom is -0.490 e. The van der Waals surface area contributed by atoms with E-state index in [0.29, 0.717) is 6.54 Å². The molecule has 1 saturated carbocycles. The average molecular weight is 326 g/mol. The third-order valence-electron chi connectivity index (χ3n) is 4.22. The zero-order valence-electron chi connectivity index (χ0n) is 11.3. The molecule has 0 bridgehead atoms. The highest BCUT2D eigenvalue weighted by Crippen LogP contribution is 2.54. The number of hydrogen-bond acceptors (Lipinski definition) is 3. The number of hydrogen-bond donors (Lipinski definition) is 1. The van der Waals surface area contributed by atoms with E-state index in [1.54, 1.807) is 0 Å². The molecular formula is C15H20BrNO2. The molecule has 3 rings (SSSR count). The normalized spacial score (nSPS) is 19.9. The number of nitrogens with two attached hydrogens (primary N) is 1. The second-order valence-electron chi connectivity index (χ2n) is 5.43. The van der Waals surface area contributed by atoms with Crippen LogP contribution in [-0.4, -0.2) is 19.8 Å². The summed E-state index contributed by atoms with van der Waals surface area (Å²) in [6.07, 6.45) is 4.23. The van der Waals surface area contributed by atoms with Gasteiger partial charge in [0.05, 0.1) is 13.2 Å². The highest BCUT2D eigenvalue weighted by Gasteiger charge is 2.46. The molecule has 0 radical (unpaired) electrons. The van der Waals surface area contributed by atoms with Gasteiger partial charge in [0.25, 0.3) is 0 Å². The van der Waals surface area contributed by atoms with E-state index in [4.69, 9.17) is 15.2 Å². The molecular weight excluding hydrogens is 306 g/mol. The van der Waals surface area contributed by atoms with Crippen molar-refractivity contribution < 1.29 is 9.47 Å². The van der Waals surface area contributed by atoms with Crippen LogP contribution >= 0.6 is 15.9 Å². The standard InChI is InChI=1S/C15H20BrNO2/c1-2-10-13(15(9-17)4-5-15)11(16)8-12-14(10)19-7-3-6-18-12/h8H,2-7,9,17H2,1H3. The molecule has 1 aromatic carbocycles. The highest BCUT2D eigenvalue weighted by molar-refractivity contribution is 9.10. The number of fused-ring (bicyclic) bond motifs is 1. The second-order valence-corrected chi connectivity index (χ2v) is 6.28. The number of benzene rings is 1. The van der Waals surface area contributed by atoms with Crippen LogP contribution in [0.5, 0.6) is 11.5 Å². The minimum atomic E-state index is 0.162. The largest absolute Gasteiger partial charge is 0.490 e. The second kappa shape index (κ2) is 4.98.